The molecule has 0 aliphatic carbocycles. The summed E-state index contributed by atoms with van der Waals surface area (Å²) >= 11 is 0. The van der Waals surface area contributed by atoms with Crippen molar-refractivity contribution in [2.75, 3.05) is 0 Å². The molecule has 0 fully saturated rings. The average molecular weight is 260 g/mol. The molecule has 0 saturated carbocycles. The maximum atomic E-state index is 12.9. The Labute approximate surface area is 105 Å². The Kier molecular flexibility index (Phi) is 5.74. The second-order valence-corrected chi connectivity index (χ2v) is 10.9. The Hall–Kier alpha value is -0.483. The topological polar surface area (TPSA) is 26.3 Å². The Bertz CT molecular complexity index is 292. The van der Waals surface area contributed by atoms with Crippen molar-refractivity contribution in [2.45, 2.75) is 58.9 Å². The first-order valence-corrected chi connectivity index (χ1v) is 8.92. The highest BCUT2D eigenvalue weighted by Gasteiger charge is 2.38. The molecule has 0 aliphatic heterocycles. The summed E-state index contributed by atoms with van der Waals surface area (Å²) in [6.45, 7) is 14.6. The number of rotatable bonds is 5. The van der Waals surface area contributed by atoms with E-state index in [2.05, 4.69) is 33.9 Å². The zero-order valence-electron chi connectivity index (χ0n) is 12.0. The molecule has 0 heterocycles. The predicted octanol–water partition coefficient (Wildman–Crippen LogP) is 4.09. The van der Waals surface area contributed by atoms with Gasteiger partial charge >= 0.3 is 0 Å². The molecule has 4 heteroatoms. The van der Waals surface area contributed by atoms with E-state index in [1.165, 1.54) is 6.08 Å². The molecule has 100 valence electrons. The van der Waals surface area contributed by atoms with Crippen molar-refractivity contribution in [1.29, 1.82) is 0 Å². The van der Waals surface area contributed by atoms with Gasteiger partial charge in [0.05, 0.1) is 0 Å². The van der Waals surface area contributed by atoms with Gasteiger partial charge in [-0.05, 0) is 31.1 Å². The highest BCUT2D eigenvalue weighted by Crippen LogP contribution is 2.38. The van der Waals surface area contributed by atoms with Crippen molar-refractivity contribution >= 4 is 14.6 Å². The Morgan fingerprint density at radius 1 is 1.29 bits per heavy atom. The van der Waals surface area contributed by atoms with Crippen LogP contribution in [0.2, 0.25) is 18.1 Å². The minimum atomic E-state index is -1.83. The molecule has 1 unspecified atom stereocenters. The third-order valence-corrected chi connectivity index (χ3v) is 8.14. The summed E-state index contributed by atoms with van der Waals surface area (Å²) < 4.78 is 19.0. The van der Waals surface area contributed by atoms with Gasteiger partial charge in [-0.15, -0.1) is 0 Å². The van der Waals surface area contributed by atoms with Crippen LogP contribution >= 0.6 is 0 Å². The molecule has 0 aromatic heterocycles. The van der Waals surface area contributed by atoms with E-state index in [9.17, 15) is 9.18 Å². The predicted molar refractivity (Wildman–Crippen MR) is 72.2 cm³/mol. The van der Waals surface area contributed by atoms with Crippen molar-refractivity contribution in [3.8, 4) is 0 Å². The SMILES string of the molecule is CC(O[Si](C)(C)C(C)(C)C)[C@H](C)/C=C(/F)C=O. The van der Waals surface area contributed by atoms with Gasteiger partial charge in [0.2, 0.25) is 0 Å². The van der Waals surface area contributed by atoms with Crippen LogP contribution in [0, 0.1) is 5.92 Å². The minimum absolute atomic E-state index is 0.0819. The van der Waals surface area contributed by atoms with Crippen LogP contribution in [0.1, 0.15) is 34.6 Å². The third-order valence-electron chi connectivity index (χ3n) is 3.56. The smallest absolute Gasteiger partial charge is 0.192 e. The highest BCUT2D eigenvalue weighted by molar-refractivity contribution is 6.74. The first kappa shape index (κ1) is 16.5. The zero-order chi connectivity index (χ0) is 13.9. The summed E-state index contributed by atoms with van der Waals surface area (Å²) in [5.74, 6) is -0.822. The largest absolute Gasteiger partial charge is 0.414 e. The van der Waals surface area contributed by atoms with Crippen molar-refractivity contribution in [2.24, 2.45) is 5.92 Å². The van der Waals surface area contributed by atoms with Crippen LogP contribution in [0.4, 0.5) is 4.39 Å². The van der Waals surface area contributed by atoms with Gasteiger partial charge in [0.25, 0.3) is 0 Å². The van der Waals surface area contributed by atoms with Crippen LogP contribution in [-0.4, -0.2) is 20.7 Å². The Morgan fingerprint density at radius 3 is 2.12 bits per heavy atom. The second kappa shape index (κ2) is 5.91. The van der Waals surface area contributed by atoms with Gasteiger partial charge in [-0.3, -0.25) is 4.79 Å². The van der Waals surface area contributed by atoms with Crippen LogP contribution in [0.3, 0.4) is 0 Å². The molecule has 2 nitrogen and oxygen atoms in total. The Balaban J connectivity index is 4.65. The Morgan fingerprint density at radius 2 is 1.76 bits per heavy atom. The molecule has 0 N–H and O–H groups in total. The minimum Gasteiger partial charge on any atom is -0.414 e. The lowest BCUT2D eigenvalue weighted by atomic mass is 10.1. The van der Waals surface area contributed by atoms with Crippen LogP contribution in [0.25, 0.3) is 0 Å². The van der Waals surface area contributed by atoms with E-state index in [-0.39, 0.29) is 23.3 Å². The molecule has 0 aliphatic rings. The average Bonchev–Trinajstić information content (AvgIpc) is 2.14. The van der Waals surface area contributed by atoms with Crippen LogP contribution in [0.5, 0.6) is 0 Å². The number of carbonyl (C=O) groups is 1. The van der Waals surface area contributed by atoms with Crippen molar-refractivity contribution in [3.05, 3.63) is 11.9 Å². The lowest BCUT2D eigenvalue weighted by Crippen LogP contribution is -2.44. The molecule has 0 bridgehead atoms. The highest BCUT2D eigenvalue weighted by atomic mass is 28.4. The maximum Gasteiger partial charge on any atom is 0.192 e. The van der Waals surface area contributed by atoms with Crippen LogP contribution in [-0.2, 0) is 9.22 Å². The molecule has 0 rings (SSSR count). The number of allylic oxidation sites excluding steroid dienone is 1. The molecule has 0 radical (unpaired) electrons. The molecular weight excluding hydrogens is 235 g/mol. The summed E-state index contributed by atoms with van der Waals surface area (Å²) in [7, 11) is -1.83. The van der Waals surface area contributed by atoms with Gasteiger partial charge in [0.1, 0.15) is 0 Å². The lowest BCUT2D eigenvalue weighted by Gasteiger charge is -2.39. The summed E-state index contributed by atoms with van der Waals surface area (Å²) in [5.41, 5.74) is 0. The number of aldehydes is 1. The standard InChI is InChI=1S/C13H25FO2Si/c1-10(8-12(14)9-15)11(2)16-17(6,7)13(3,4)5/h8-11H,1-7H3/b12-8+/t10-,11?/m1/s1. The number of halogens is 1. The first-order chi connectivity index (χ1) is 7.51. The summed E-state index contributed by atoms with van der Waals surface area (Å²) in [4.78, 5) is 10.2. The summed E-state index contributed by atoms with van der Waals surface area (Å²) in [5, 5.41) is 0.133. The van der Waals surface area contributed by atoms with Crippen molar-refractivity contribution in [3.63, 3.8) is 0 Å². The van der Waals surface area contributed by atoms with Crippen LogP contribution in [0.15, 0.2) is 11.9 Å². The molecule has 0 aromatic rings. The van der Waals surface area contributed by atoms with Crippen molar-refractivity contribution in [1.82, 2.24) is 0 Å². The summed E-state index contributed by atoms with van der Waals surface area (Å²) in [6.07, 6.45) is 1.47. The molecule has 0 aromatic carbocycles. The monoisotopic (exact) mass is 260 g/mol. The van der Waals surface area contributed by atoms with E-state index in [4.69, 9.17) is 4.43 Å². The number of hydrogen-bond donors (Lipinski definition) is 0. The van der Waals surface area contributed by atoms with E-state index < -0.39 is 14.1 Å². The molecule has 17 heavy (non-hydrogen) atoms. The summed E-state index contributed by atoms with van der Waals surface area (Å²) in [6, 6.07) is 0. The van der Waals surface area contributed by atoms with Crippen molar-refractivity contribution < 1.29 is 13.6 Å². The van der Waals surface area contributed by atoms with Crippen LogP contribution < -0.4 is 0 Å². The second-order valence-electron chi connectivity index (χ2n) is 6.11. The molecular formula is C13H25FO2Si. The van der Waals surface area contributed by atoms with E-state index >= 15 is 0 Å². The van der Waals surface area contributed by atoms with Gasteiger partial charge in [-0.1, -0.05) is 27.7 Å². The maximum absolute atomic E-state index is 12.9. The number of carbonyl (C=O) groups excluding carboxylic acids is 1. The molecule has 0 spiro atoms. The fourth-order valence-corrected chi connectivity index (χ4v) is 2.67. The molecule has 0 amide bonds. The van der Waals surface area contributed by atoms with Gasteiger partial charge in [-0.2, -0.15) is 0 Å². The van der Waals surface area contributed by atoms with E-state index in [0.717, 1.165) is 0 Å². The quantitative estimate of drug-likeness (QED) is 0.423. The van der Waals surface area contributed by atoms with E-state index in [0.29, 0.717) is 0 Å². The first-order valence-electron chi connectivity index (χ1n) is 6.01. The van der Waals surface area contributed by atoms with Gasteiger partial charge in [0, 0.05) is 12.0 Å². The van der Waals surface area contributed by atoms with E-state index in [1.54, 1.807) is 0 Å². The van der Waals surface area contributed by atoms with Gasteiger partial charge in [-0.25, -0.2) is 4.39 Å². The van der Waals surface area contributed by atoms with Gasteiger partial charge in [0.15, 0.2) is 20.4 Å². The fraction of sp³-hybridized carbons (Fsp3) is 0.769. The normalized spacial score (nSPS) is 17.8. The molecule has 0 saturated heterocycles. The fourth-order valence-electron chi connectivity index (χ4n) is 1.17. The van der Waals surface area contributed by atoms with Gasteiger partial charge < -0.3 is 4.43 Å². The number of hydrogen-bond acceptors (Lipinski definition) is 2. The van der Waals surface area contributed by atoms with E-state index in [1.807, 2.05) is 13.8 Å². The molecule has 2 atom stereocenters. The third kappa shape index (κ3) is 5.13. The zero-order valence-corrected chi connectivity index (χ0v) is 13.0. The lowest BCUT2D eigenvalue weighted by molar-refractivity contribution is -0.106.